The number of methoxy groups -OCH3 is 1. The van der Waals surface area contributed by atoms with Crippen LogP contribution in [0.4, 0.5) is 4.39 Å². The molecule has 2 N–H and O–H groups in total. The van der Waals surface area contributed by atoms with Crippen molar-refractivity contribution < 1.29 is 19.0 Å². The van der Waals surface area contributed by atoms with Crippen LogP contribution in [-0.2, 0) is 17.6 Å². The van der Waals surface area contributed by atoms with Crippen molar-refractivity contribution in [1.29, 1.82) is 0 Å². The van der Waals surface area contributed by atoms with E-state index < -0.39 is 12.3 Å². The van der Waals surface area contributed by atoms with Gasteiger partial charge in [-0.15, -0.1) is 0 Å². The number of fused-ring (bicyclic) bond motifs is 2. The van der Waals surface area contributed by atoms with Crippen LogP contribution >= 0.6 is 0 Å². The summed E-state index contributed by atoms with van der Waals surface area (Å²) in [6.45, 7) is 2.73. The lowest BCUT2D eigenvalue weighted by Gasteiger charge is -2.32. The average molecular weight is 516 g/mol. The minimum atomic E-state index is -0.967. The number of pyridine rings is 2. The number of aromatic nitrogens is 4. The molecule has 1 unspecified atom stereocenters. The van der Waals surface area contributed by atoms with Crippen LogP contribution in [0.1, 0.15) is 42.5 Å². The zero-order chi connectivity index (χ0) is 26.4. The molecule has 0 saturated carbocycles. The van der Waals surface area contributed by atoms with Crippen LogP contribution < -0.4 is 4.74 Å². The number of carbonyl (C=O) groups excluding carboxylic acids is 1. The van der Waals surface area contributed by atoms with Gasteiger partial charge in [0, 0.05) is 60.9 Å². The van der Waals surface area contributed by atoms with E-state index in [4.69, 9.17) is 14.7 Å². The number of halogens is 1. The Bertz CT molecular complexity index is 1490. The van der Waals surface area contributed by atoms with Gasteiger partial charge in [0.2, 0.25) is 0 Å². The number of likely N-dealkylation sites (tertiary alicyclic amines) is 1. The summed E-state index contributed by atoms with van der Waals surface area (Å²) >= 11 is 0. The molecule has 2 atom stereocenters. The van der Waals surface area contributed by atoms with Crippen molar-refractivity contribution in [2.75, 3.05) is 20.2 Å². The first-order chi connectivity index (χ1) is 18.4. The number of benzene rings is 1. The molecule has 1 amide bonds. The van der Waals surface area contributed by atoms with Crippen molar-refractivity contribution in [3.63, 3.8) is 0 Å². The zero-order valence-corrected chi connectivity index (χ0v) is 21.4. The van der Waals surface area contributed by atoms with Crippen molar-refractivity contribution in [2.45, 2.75) is 50.8 Å². The van der Waals surface area contributed by atoms with E-state index in [1.54, 1.807) is 12.0 Å². The topological polar surface area (TPSA) is 104 Å². The van der Waals surface area contributed by atoms with Crippen LogP contribution in [0.2, 0.25) is 0 Å². The summed E-state index contributed by atoms with van der Waals surface area (Å²) in [6, 6.07) is 11.8. The standard InChI is InChI=1S/C29H30FN5O3/c1-16(36)29(37)35-10-8-17(9-11-35)23-7-6-19(15-31-23)26-28-24(33-34-26)14-25(38-2)27(32-28)21-5-3-4-18-12-20(30)13-22(18)21/h3-7,14-17,20,36H,8-13H2,1-2H3,(H,33,34)/t16-,20?/m0/s1. The second-order valence-corrected chi connectivity index (χ2v) is 10.2. The van der Waals surface area contributed by atoms with Gasteiger partial charge in [0.25, 0.3) is 5.91 Å². The molecule has 2 aliphatic rings. The summed E-state index contributed by atoms with van der Waals surface area (Å²) in [5, 5.41) is 17.2. The van der Waals surface area contributed by atoms with Crippen LogP contribution in [0.15, 0.2) is 42.6 Å². The molecular weight excluding hydrogens is 485 g/mol. The largest absolute Gasteiger partial charge is 0.494 e. The Labute approximate surface area is 219 Å². The van der Waals surface area contributed by atoms with E-state index in [0.717, 1.165) is 46.3 Å². The van der Waals surface area contributed by atoms with Crippen LogP contribution in [0, 0.1) is 0 Å². The lowest BCUT2D eigenvalue weighted by Crippen LogP contribution is -2.42. The van der Waals surface area contributed by atoms with E-state index in [1.807, 2.05) is 42.6 Å². The maximum Gasteiger partial charge on any atom is 0.251 e. The number of amides is 1. The monoisotopic (exact) mass is 515 g/mol. The Kier molecular flexibility index (Phi) is 6.31. The highest BCUT2D eigenvalue weighted by molar-refractivity contribution is 5.93. The minimum Gasteiger partial charge on any atom is -0.494 e. The predicted octanol–water partition coefficient (Wildman–Crippen LogP) is 4.22. The molecule has 1 saturated heterocycles. The third-order valence-electron chi connectivity index (χ3n) is 7.76. The van der Waals surface area contributed by atoms with Gasteiger partial charge in [0.1, 0.15) is 34.9 Å². The lowest BCUT2D eigenvalue weighted by molar-refractivity contribution is -0.140. The molecule has 4 heterocycles. The van der Waals surface area contributed by atoms with E-state index in [-0.39, 0.29) is 11.8 Å². The molecule has 0 spiro atoms. The maximum absolute atomic E-state index is 14.2. The van der Waals surface area contributed by atoms with Gasteiger partial charge in [-0.2, -0.15) is 5.10 Å². The Morgan fingerprint density at radius 1 is 1.18 bits per heavy atom. The fourth-order valence-electron chi connectivity index (χ4n) is 5.75. The fourth-order valence-corrected chi connectivity index (χ4v) is 5.75. The number of hydrogen-bond donors (Lipinski definition) is 2. The Balaban J connectivity index is 1.29. The SMILES string of the molecule is COc1cc2[nH]nc(-c3ccc(C4CCN(C(=O)[C@H](C)O)CC4)nc3)c2nc1-c1cccc2c1CC(F)C2. The van der Waals surface area contributed by atoms with Crippen LogP contribution in [0.5, 0.6) is 5.75 Å². The van der Waals surface area contributed by atoms with Crippen molar-refractivity contribution >= 4 is 16.9 Å². The molecule has 38 heavy (non-hydrogen) atoms. The molecule has 1 aliphatic carbocycles. The van der Waals surface area contributed by atoms with E-state index >= 15 is 0 Å². The number of nitrogens with zero attached hydrogens (tertiary/aromatic N) is 4. The van der Waals surface area contributed by atoms with E-state index in [1.165, 1.54) is 6.92 Å². The summed E-state index contributed by atoms with van der Waals surface area (Å²) in [5.74, 6) is 0.648. The van der Waals surface area contributed by atoms with Gasteiger partial charge in [-0.3, -0.25) is 14.9 Å². The van der Waals surface area contributed by atoms with Crippen LogP contribution in [0.25, 0.3) is 33.5 Å². The molecule has 1 fully saturated rings. The van der Waals surface area contributed by atoms with E-state index in [2.05, 4.69) is 10.2 Å². The van der Waals surface area contributed by atoms with Gasteiger partial charge < -0.3 is 14.7 Å². The van der Waals surface area contributed by atoms with Gasteiger partial charge in [0.05, 0.1) is 12.6 Å². The van der Waals surface area contributed by atoms with Gasteiger partial charge >= 0.3 is 0 Å². The quantitative estimate of drug-likeness (QED) is 0.413. The van der Waals surface area contributed by atoms with Gasteiger partial charge in [0.15, 0.2) is 0 Å². The summed E-state index contributed by atoms with van der Waals surface area (Å²) in [6.07, 6.45) is 2.40. The van der Waals surface area contributed by atoms with Crippen LogP contribution in [-0.4, -0.2) is 68.6 Å². The second-order valence-electron chi connectivity index (χ2n) is 10.2. The first kappa shape index (κ1) is 24.5. The number of hydrogen-bond acceptors (Lipinski definition) is 6. The number of aliphatic hydroxyl groups is 1. The number of carbonyl (C=O) groups is 1. The highest BCUT2D eigenvalue weighted by atomic mass is 19.1. The molecule has 6 rings (SSSR count). The normalized spacial score (nSPS) is 18.5. The molecule has 4 aromatic rings. The number of aliphatic hydroxyl groups excluding tert-OH is 1. The first-order valence-corrected chi connectivity index (χ1v) is 13.0. The molecule has 196 valence electrons. The number of H-pyrrole nitrogens is 1. The number of ether oxygens (including phenoxy) is 1. The molecular formula is C29H30FN5O3. The molecule has 1 aliphatic heterocycles. The molecule has 0 radical (unpaired) electrons. The maximum atomic E-state index is 14.2. The third-order valence-corrected chi connectivity index (χ3v) is 7.76. The first-order valence-electron chi connectivity index (χ1n) is 13.0. The summed E-state index contributed by atoms with van der Waals surface area (Å²) in [7, 11) is 1.61. The molecule has 9 heteroatoms. The highest BCUT2D eigenvalue weighted by Crippen LogP contribution is 2.39. The van der Waals surface area contributed by atoms with Gasteiger partial charge in [-0.1, -0.05) is 18.2 Å². The van der Waals surface area contributed by atoms with Gasteiger partial charge in [-0.25, -0.2) is 9.37 Å². The number of aromatic amines is 1. The number of rotatable bonds is 5. The van der Waals surface area contributed by atoms with E-state index in [9.17, 15) is 14.3 Å². The van der Waals surface area contributed by atoms with Crippen molar-refractivity contribution in [3.05, 3.63) is 59.4 Å². The zero-order valence-electron chi connectivity index (χ0n) is 21.4. The highest BCUT2D eigenvalue weighted by Gasteiger charge is 2.28. The van der Waals surface area contributed by atoms with Crippen molar-refractivity contribution in [1.82, 2.24) is 25.1 Å². The van der Waals surface area contributed by atoms with Crippen LogP contribution in [0.3, 0.4) is 0 Å². The summed E-state index contributed by atoms with van der Waals surface area (Å²) < 4.78 is 19.9. The minimum absolute atomic E-state index is 0.217. The van der Waals surface area contributed by atoms with E-state index in [0.29, 0.717) is 48.6 Å². The van der Waals surface area contributed by atoms with Gasteiger partial charge in [-0.05, 0) is 43.0 Å². The fraction of sp³-hybridized carbons (Fsp3) is 0.379. The Morgan fingerprint density at radius 3 is 2.71 bits per heavy atom. The smallest absolute Gasteiger partial charge is 0.251 e. The average Bonchev–Trinajstić information content (AvgIpc) is 3.54. The van der Waals surface area contributed by atoms with Crippen molar-refractivity contribution in [2.24, 2.45) is 0 Å². The second kappa shape index (κ2) is 9.79. The predicted molar refractivity (Wildman–Crippen MR) is 142 cm³/mol. The number of piperidine rings is 1. The molecule has 1 aromatic carbocycles. The number of nitrogens with one attached hydrogen (secondary N) is 1. The Hall–Kier alpha value is -3.85. The third kappa shape index (κ3) is 4.30. The molecule has 0 bridgehead atoms. The Morgan fingerprint density at radius 2 is 2.00 bits per heavy atom. The number of alkyl halides is 1. The lowest BCUT2D eigenvalue weighted by atomic mass is 9.92. The van der Waals surface area contributed by atoms with Crippen molar-refractivity contribution in [3.8, 4) is 28.3 Å². The summed E-state index contributed by atoms with van der Waals surface area (Å²) in [4.78, 5) is 23.5. The summed E-state index contributed by atoms with van der Waals surface area (Å²) in [5.41, 5.74) is 7.54. The molecule has 8 nitrogen and oxygen atoms in total. The molecule has 3 aromatic heterocycles.